The zero-order chi connectivity index (χ0) is 10.5. The van der Waals surface area contributed by atoms with Crippen LogP contribution in [0.1, 0.15) is 25.5 Å². The predicted molar refractivity (Wildman–Crippen MR) is 54.1 cm³/mol. The lowest BCUT2D eigenvalue weighted by atomic mass is 10.1. The Morgan fingerprint density at radius 2 is 2.21 bits per heavy atom. The number of rotatable bonds is 2. The molecule has 0 spiro atoms. The number of carboxylic acids is 1. The molecule has 0 aromatic carbocycles. The van der Waals surface area contributed by atoms with Crippen molar-refractivity contribution in [1.82, 2.24) is 0 Å². The molecule has 0 bridgehead atoms. The lowest BCUT2D eigenvalue weighted by Crippen LogP contribution is -2.02. The second kappa shape index (κ2) is 2.86. The van der Waals surface area contributed by atoms with E-state index in [-0.39, 0.29) is 17.3 Å². The Hall–Kier alpha value is -0.770. The van der Waals surface area contributed by atoms with E-state index >= 15 is 0 Å². The van der Waals surface area contributed by atoms with E-state index in [0.29, 0.717) is 4.67 Å². The molecule has 0 radical (unpaired) electrons. The van der Waals surface area contributed by atoms with Crippen LogP contribution in [0, 0.1) is 11.3 Å². The molecule has 1 saturated carbocycles. The van der Waals surface area contributed by atoms with Gasteiger partial charge in [0.1, 0.15) is 5.76 Å². The highest BCUT2D eigenvalue weighted by Gasteiger charge is 2.64. The van der Waals surface area contributed by atoms with Crippen LogP contribution < -0.4 is 0 Å². The van der Waals surface area contributed by atoms with Gasteiger partial charge in [0.15, 0.2) is 4.67 Å². The average molecular weight is 259 g/mol. The third kappa shape index (κ3) is 1.29. The molecular formula is C10H11BrO3. The van der Waals surface area contributed by atoms with Crippen LogP contribution in [-0.2, 0) is 4.79 Å². The fraction of sp³-hybridized carbons (Fsp3) is 0.500. The number of halogens is 1. The Bertz CT molecular complexity index is 380. The molecule has 2 atom stereocenters. The minimum Gasteiger partial charge on any atom is -0.481 e. The maximum atomic E-state index is 10.9. The Labute approximate surface area is 90.2 Å². The number of hydrogen-bond acceptors (Lipinski definition) is 2. The van der Waals surface area contributed by atoms with Crippen LogP contribution in [0.15, 0.2) is 21.2 Å². The van der Waals surface area contributed by atoms with Crippen LogP contribution in [0.4, 0.5) is 0 Å². The largest absolute Gasteiger partial charge is 0.481 e. The van der Waals surface area contributed by atoms with E-state index in [1.165, 1.54) is 0 Å². The molecule has 1 aliphatic rings. The van der Waals surface area contributed by atoms with E-state index in [1.54, 1.807) is 6.07 Å². The fourth-order valence-electron chi connectivity index (χ4n) is 2.13. The quantitative estimate of drug-likeness (QED) is 0.888. The Kier molecular flexibility index (Phi) is 2.00. The molecule has 3 nitrogen and oxygen atoms in total. The van der Waals surface area contributed by atoms with Crippen molar-refractivity contribution in [3.8, 4) is 0 Å². The predicted octanol–water partition coefficient (Wildman–Crippen LogP) is 2.87. The van der Waals surface area contributed by atoms with Crippen molar-refractivity contribution in [3.05, 3.63) is 22.6 Å². The van der Waals surface area contributed by atoms with Gasteiger partial charge in [-0.3, -0.25) is 4.79 Å². The van der Waals surface area contributed by atoms with Gasteiger partial charge in [0, 0.05) is 5.92 Å². The molecule has 1 heterocycles. The number of aliphatic carboxylic acids is 1. The molecule has 1 aromatic rings. The standard InChI is InChI=1S/C10H11BrO3/c1-10(2)7(8(10)9(12)13)5-3-4-6(11)14-5/h3-4,7-8H,1-2H3,(H,12,13)/t7-,8+/m1/s1. The highest BCUT2D eigenvalue weighted by Crippen LogP contribution is 2.64. The van der Waals surface area contributed by atoms with Crippen LogP contribution in [0.5, 0.6) is 0 Å². The van der Waals surface area contributed by atoms with Crippen LogP contribution in [0.25, 0.3) is 0 Å². The molecule has 4 heteroatoms. The summed E-state index contributed by atoms with van der Waals surface area (Å²) >= 11 is 3.21. The van der Waals surface area contributed by atoms with Gasteiger partial charge in [-0.15, -0.1) is 0 Å². The van der Waals surface area contributed by atoms with E-state index in [2.05, 4.69) is 15.9 Å². The van der Waals surface area contributed by atoms with E-state index in [1.807, 2.05) is 19.9 Å². The average Bonchev–Trinajstić information content (AvgIpc) is 2.42. The van der Waals surface area contributed by atoms with Gasteiger partial charge in [-0.25, -0.2) is 0 Å². The molecular weight excluding hydrogens is 248 g/mol. The highest BCUT2D eigenvalue weighted by molar-refractivity contribution is 9.10. The van der Waals surface area contributed by atoms with Gasteiger partial charge in [0.2, 0.25) is 0 Å². The molecule has 1 aromatic heterocycles. The highest BCUT2D eigenvalue weighted by atomic mass is 79.9. The monoisotopic (exact) mass is 258 g/mol. The lowest BCUT2D eigenvalue weighted by Gasteiger charge is -1.97. The fourth-order valence-corrected chi connectivity index (χ4v) is 2.44. The topological polar surface area (TPSA) is 50.4 Å². The second-order valence-electron chi connectivity index (χ2n) is 4.26. The lowest BCUT2D eigenvalue weighted by molar-refractivity contribution is -0.139. The second-order valence-corrected chi connectivity index (χ2v) is 5.04. The summed E-state index contributed by atoms with van der Waals surface area (Å²) in [6, 6.07) is 3.63. The molecule has 0 aliphatic heterocycles. The normalized spacial score (nSPS) is 28.8. The molecule has 76 valence electrons. The molecule has 1 fully saturated rings. The zero-order valence-electron chi connectivity index (χ0n) is 7.95. The first-order chi connectivity index (χ1) is 6.44. The Morgan fingerprint density at radius 1 is 1.57 bits per heavy atom. The van der Waals surface area contributed by atoms with Gasteiger partial charge in [-0.1, -0.05) is 13.8 Å². The molecule has 14 heavy (non-hydrogen) atoms. The van der Waals surface area contributed by atoms with Crippen molar-refractivity contribution in [3.63, 3.8) is 0 Å². The summed E-state index contributed by atoms with van der Waals surface area (Å²) in [6.45, 7) is 3.90. The van der Waals surface area contributed by atoms with Crippen molar-refractivity contribution in [2.75, 3.05) is 0 Å². The number of carbonyl (C=O) groups is 1. The SMILES string of the molecule is CC1(C)[C@H](C(=O)O)[C@H]1c1ccc(Br)o1. The summed E-state index contributed by atoms with van der Waals surface area (Å²) in [4.78, 5) is 10.9. The van der Waals surface area contributed by atoms with Gasteiger partial charge in [0.05, 0.1) is 5.92 Å². The number of furan rings is 1. The van der Waals surface area contributed by atoms with Gasteiger partial charge < -0.3 is 9.52 Å². The first-order valence-electron chi connectivity index (χ1n) is 4.42. The molecule has 1 aliphatic carbocycles. The van der Waals surface area contributed by atoms with Crippen LogP contribution in [-0.4, -0.2) is 11.1 Å². The van der Waals surface area contributed by atoms with Crippen molar-refractivity contribution < 1.29 is 14.3 Å². The van der Waals surface area contributed by atoms with Gasteiger partial charge in [-0.05, 0) is 33.5 Å². The smallest absolute Gasteiger partial charge is 0.307 e. The zero-order valence-corrected chi connectivity index (χ0v) is 9.54. The molecule has 0 amide bonds. The summed E-state index contributed by atoms with van der Waals surface area (Å²) in [5.74, 6) is -0.298. The summed E-state index contributed by atoms with van der Waals surface area (Å²) in [7, 11) is 0. The third-order valence-electron chi connectivity index (χ3n) is 2.99. The van der Waals surface area contributed by atoms with Crippen molar-refractivity contribution in [2.45, 2.75) is 19.8 Å². The first kappa shape index (κ1) is 9.77. The first-order valence-corrected chi connectivity index (χ1v) is 5.22. The minimum absolute atomic E-state index is 0.00583. The molecule has 0 unspecified atom stereocenters. The van der Waals surface area contributed by atoms with Gasteiger partial charge in [0.25, 0.3) is 0 Å². The van der Waals surface area contributed by atoms with Crippen molar-refractivity contribution >= 4 is 21.9 Å². The van der Waals surface area contributed by atoms with Gasteiger partial charge >= 0.3 is 5.97 Å². The third-order valence-corrected chi connectivity index (χ3v) is 3.42. The van der Waals surface area contributed by atoms with Crippen molar-refractivity contribution in [1.29, 1.82) is 0 Å². The summed E-state index contributed by atoms with van der Waals surface area (Å²) in [5, 5.41) is 8.97. The van der Waals surface area contributed by atoms with E-state index in [9.17, 15) is 4.79 Å². The van der Waals surface area contributed by atoms with Crippen LogP contribution in [0.3, 0.4) is 0 Å². The van der Waals surface area contributed by atoms with E-state index in [0.717, 1.165) is 5.76 Å². The van der Waals surface area contributed by atoms with Crippen molar-refractivity contribution in [2.24, 2.45) is 11.3 Å². The Morgan fingerprint density at radius 3 is 2.57 bits per heavy atom. The number of hydrogen-bond donors (Lipinski definition) is 1. The van der Waals surface area contributed by atoms with Crippen LogP contribution >= 0.6 is 15.9 Å². The molecule has 1 N–H and O–H groups in total. The maximum Gasteiger partial charge on any atom is 0.307 e. The van der Waals surface area contributed by atoms with E-state index < -0.39 is 5.97 Å². The van der Waals surface area contributed by atoms with Crippen LogP contribution in [0.2, 0.25) is 0 Å². The molecule has 2 rings (SSSR count). The number of carboxylic acid groups (broad SMARTS) is 1. The summed E-state index contributed by atoms with van der Waals surface area (Å²) < 4.78 is 6.03. The summed E-state index contributed by atoms with van der Waals surface area (Å²) in [5.41, 5.74) is -0.191. The van der Waals surface area contributed by atoms with Gasteiger partial charge in [-0.2, -0.15) is 0 Å². The minimum atomic E-state index is -0.743. The summed E-state index contributed by atoms with van der Waals surface area (Å²) in [6.07, 6.45) is 0. The Balaban J connectivity index is 2.27. The van der Waals surface area contributed by atoms with E-state index in [4.69, 9.17) is 9.52 Å². The molecule has 0 saturated heterocycles. The maximum absolute atomic E-state index is 10.9.